The fourth-order valence-corrected chi connectivity index (χ4v) is 3.59. The Morgan fingerprint density at radius 1 is 1.04 bits per heavy atom. The molecule has 27 heavy (non-hydrogen) atoms. The van der Waals surface area contributed by atoms with Crippen LogP contribution in [0.3, 0.4) is 0 Å². The first kappa shape index (κ1) is 18.7. The first-order valence-electron chi connectivity index (χ1n) is 8.57. The molecule has 1 aromatic carbocycles. The smallest absolute Gasteiger partial charge is 0.318 e. The highest BCUT2D eigenvalue weighted by Crippen LogP contribution is 2.21. The predicted molar refractivity (Wildman–Crippen MR) is 110 cm³/mol. The monoisotopic (exact) mass is 382 g/mol. The third-order valence-corrected chi connectivity index (χ3v) is 5.18. The van der Waals surface area contributed by atoms with E-state index in [-0.39, 0.29) is 11.9 Å². The predicted octanol–water partition coefficient (Wildman–Crippen LogP) is 4.22. The number of carbonyl (C=O) groups excluding carboxylic acids is 2. The number of hydrogen-bond donors (Lipinski definition) is 3. The third kappa shape index (κ3) is 4.38. The number of rotatable bonds is 5. The van der Waals surface area contributed by atoms with Crippen molar-refractivity contribution in [3.8, 4) is 0 Å². The lowest BCUT2D eigenvalue weighted by Crippen LogP contribution is -2.24. The fraction of sp³-hybridized carbons (Fsp3) is 0.200. The third-order valence-electron chi connectivity index (χ3n) is 4.32. The quantitative estimate of drug-likeness (QED) is 0.618. The lowest BCUT2D eigenvalue weighted by Gasteiger charge is -2.10. The summed E-state index contributed by atoms with van der Waals surface area (Å²) in [5.41, 5.74) is 3.85. The Bertz CT molecular complexity index is 961. The molecule has 140 valence electrons. The van der Waals surface area contributed by atoms with Gasteiger partial charge >= 0.3 is 6.03 Å². The van der Waals surface area contributed by atoms with Crippen LogP contribution >= 0.6 is 11.3 Å². The maximum Gasteiger partial charge on any atom is 0.318 e. The second-order valence-corrected chi connectivity index (χ2v) is 7.22. The van der Waals surface area contributed by atoms with Crippen molar-refractivity contribution in [2.45, 2.75) is 20.4 Å². The lowest BCUT2D eigenvalue weighted by atomic mass is 10.2. The summed E-state index contributed by atoms with van der Waals surface area (Å²) in [5.74, 6) is -0.169. The molecule has 7 heteroatoms. The van der Waals surface area contributed by atoms with E-state index in [4.69, 9.17) is 0 Å². The average molecular weight is 382 g/mol. The van der Waals surface area contributed by atoms with Gasteiger partial charge in [-0.25, -0.2) is 4.79 Å². The van der Waals surface area contributed by atoms with Crippen LogP contribution in [0.25, 0.3) is 0 Å². The molecule has 0 saturated carbocycles. The van der Waals surface area contributed by atoms with Gasteiger partial charge in [0, 0.05) is 34.7 Å². The van der Waals surface area contributed by atoms with Crippen molar-refractivity contribution in [2.24, 2.45) is 0 Å². The summed E-state index contributed by atoms with van der Waals surface area (Å²) in [6, 6.07) is 12.8. The molecule has 0 unspecified atom stereocenters. The minimum atomic E-state index is -0.310. The normalized spacial score (nSPS) is 10.5. The molecule has 3 aromatic rings. The second kappa shape index (κ2) is 8.09. The van der Waals surface area contributed by atoms with Crippen LogP contribution in [0.15, 0.2) is 47.8 Å². The van der Waals surface area contributed by atoms with Crippen molar-refractivity contribution in [1.82, 2.24) is 9.88 Å². The van der Waals surface area contributed by atoms with E-state index in [2.05, 4.69) is 32.0 Å². The molecule has 2 heterocycles. The zero-order valence-corrected chi connectivity index (χ0v) is 16.3. The van der Waals surface area contributed by atoms with Gasteiger partial charge in [-0.05, 0) is 49.6 Å². The molecule has 0 spiro atoms. The topological polar surface area (TPSA) is 75.2 Å². The zero-order chi connectivity index (χ0) is 19.4. The molecule has 0 aliphatic rings. The zero-order valence-electron chi connectivity index (χ0n) is 15.5. The van der Waals surface area contributed by atoms with Crippen molar-refractivity contribution in [3.63, 3.8) is 0 Å². The second-order valence-electron chi connectivity index (χ2n) is 6.19. The maximum atomic E-state index is 12.8. The highest BCUT2D eigenvalue weighted by Gasteiger charge is 2.16. The Kier molecular flexibility index (Phi) is 5.61. The summed E-state index contributed by atoms with van der Waals surface area (Å²) in [7, 11) is 1.55. The molecular formula is C20H22N4O2S. The average Bonchev–Trinajstić information content (AvgIpc) is 3.25. The van der Waals surface area contributed by atoms with Crippen LogP contribution in [0.5, 0.6) is 0 Å². The molecule has 3 amide bonds. The molecule has 2 aromatic heterocycles. The molecule has 0 radical (unpaired) electrons. The fourth-order valence-electron chi connectivity index (χ4n) is 2.90. The number of nitrogens with zero attached hydrogens (tertiary/aromatic N) is 1. The number of aromatic nitrogens is 1. The molecule has 3 rings (SSSR count). The van der Waals surface area contributed by atoms with Crippen LogP contribution in [0.1, 0.15) is 26.6 Å². The molecule has 6 nitrogen and oxygen atoms in total. The minimum Gasteiger partial charge on any atom is -0.343 e. The van der Waals surface area contributed by atoms with E-state index in [1.165, 1.54) is 4.88 Å². The summed E-state index contributed by atoms with van der Waals surface area (Å²) in [6.07, 6.45) is 0. The number of aryl methyl sites for hydroxylation is 1. The summed E-state index contributed by atoms with van der Waals surface area (Å²) < 4.78 is 2.14. The van der Waals surface area contributed by atoms with Crippen molar-refractivity contribution in [1.29, 1.82) is 0 Å². The van der Waals surface area contributed by atoms with E-state index in [0.29, 0.717) is 16.9 Å². The van der Waals surface area contributed by atoms with Crippen LogP contribution in [0.4, 0.5) is 16.2 Å². The Balaban J connectivity index is 1.77. The summed E-state index contributed by atoms with van der Waals surface area (Å²) in [5, 5.41) is 10.1. The number of hydrogen-bond acceptors (Lipinski definition) is 3. The summed E-state index contributed by atoms with van der Waals surface area (Å²) in [4.78, 5) is 25.5. The van der Waals surface area contributed by atoms with Crippen molar-refractivity contribution in [2.75, 3.05) is 17.7 Å². The van der Waals surface area contributed by atoms with E-state index in [1.807, 2.05) is 26.0 Å². The number of nitrogens with one attached hydrogen (secondary N) is 3. The number of benzene rings is 1. The van der Waals surface area contributed by atoms with Gasteiger partial charge in [-0.15, -0.1) is 11.3 Å². The van der Waals surface area contributed by atoms with Crippen LogP contribution in [0, 0.1) is 13.8 Å². The van der Waals surface area contributed by atoms with Crippen molar-refractivity contribution < 1.29 is 9.59 Å². The molecular weight excluding hydrogens is 360 g/mol. The van der Waals surface area contributed by atoms with E-state index in [1.54, 1.807) is 42.6 Å². The van der Waals surface area contributed by atoms with Gasteiger partial charge in [0.05, 0.1) is 12.1 Å². The molecule has 0 atom stereocenters. The molecule has 0 saturated heterocycles. The van der Waals surface area contributed by atoms with Crippen LogP contribution in [0.2, 0.25) is 0 Å². The Labute approximate surface area is 162 Å². The number of anilines is 2. The van der Waals surface area contributed by atoms with Crippen molar-refractivity contribution in [3.05, 3.63) is 69.7 Å². The molecule has 0 bridgehead atoms. The van der Waals surface area contributed by atoms with Crippen LogP contribution in [-0.4, -0.2) is 23.6 Å². The van der Waals surface area contributed by atoms with E-state index in [0.717, 1.165) is 17.9 Å². The van der Waals surface area contributed by atoms with Gasteiger partial charge in [0.25, 0.3) is 5.91 Å². The molecule has 3 N–H and O–H groups in total. The molecule has 0 fully saturated rings. The molecule has 0 aliphatic carbocycles. The number of carbonyl (C=O) groups is 2. The minimum absolute atomic E-state index is 0.169. The van der Waals surface area contributed by atoms with Gasteiger partial charge in [0.15, 0.2) is 0 Å². The van der Waals surface area contributed by atoms with Crippen LogP contribution < -0.4 is 16.0 Å². The van der Waals surface area contributed by atoms with Gasteiger partial charge in [-0.1, -0.05) is 12.1 Å². The van der Waals surface area contributed by atoms with Gasteiger partial charge in [0.1, 0.15) is 0 Å². The van der Waals surface area contributed by atoms with Gasteiger partial charge in [-0.3, -0.25) is 4.79 Å². The maximum absolute atomic E-state index is 12.8. The van der Waals surface area contributed by atoms with E-state index >= 15 is 0 Å². The highest BCUT2D eigenvalue weighted by molar-refractivity contribution is 7.09. The van der Waals surface area contributed by atoms with Crippen molar-refractivity contribution >= 4 is 34.6 Å². The largest absolute Gasteiger partial charge is 0.343 e. The number of amides is 3. The van der Waals surface area contributed by atoms with Gasteiger partial charge < -0.3 is 20.5 Å². The summed E-state index contributed by atoms with van der Waals surface area (Å²) in [6.45, 7) is 4.72. The Hall–Kier alpha value is -3.06. The first-order chi connectivity index (χ1) is 13.0. The Morgan fingerprint density at radius 2 is 1.78 bits per heavy atom. The lowest BCUT2D eigenvalue weighted by molar-refractivity contribution is 0.102. The standard InChI is InChI=1S/C20H22N4O2S/c1-13-10-18(14(2)24(13)12-17-8-5-9-27-17)19(25)22-15-6-4-7-16(11-15)23-20(26)21-3/h4-11H,12H2,1-3H3,(H,22,25)(H2,21,23,26). The summed E-state index contributed by atoms with van der Waals surface area (Å²) >= 11 is 1.70. The van der Waals surface area contributed by atoms with Crippen LogP contribution in [-0.2, 0) is 6.54 Å². The number of urea groups is 1. The van der Waals surface area contributed by atoms with Gasteiger partial charge in [0.2, 0.25) is 0 Å². The number of thiophene rings is 1. The highest BCUT2D eigenvalue weighted by atomic mass is 32.1. The first-order valence-corrected chi connectivity index (χ1v) is 9.45. The molecule has 0 aliphatic heterocycles. The van der Waals surface area contributed by atoms with E-state index < -0.39 is 0 Å². The SMILES string of the molecule is CNC(=O)Nc1cccc(NC(=O)c2cc(C)n(Cc3cccs3)c2C)c1. The Morgan fingerprint density at radius 3 is 2.44 bits per heavy atom. The van der Waals surface area contributed by atoms with Gasteiger partial charge in [-0.2, -0.15) is 0 Å². The van der Waals surface area contributed by atoms with E-state index in [9.17, 15) is 9.59 Å².